The van der Waals surface area contributed by atoms with E-state index in [0.717, 1.165) is 6.42 Å². The molecule has 0 saturated carbocycles. The normalized spacial score (nSPS) is 15.1. The summed E-state index contributed by atoms with van der Waals surface area (Å²) in [4.78, 5) is 22.3. The third kappa shape index (κ3) is 4.81. The van der Waals surface area contributed by atoms with Gasteiger partial charge in [-0.1, -0.05) is 20.8 Å². The Morgan fingerprint density at radius 2 is 1.69 bits per heavy atom. The molecule has 0 aromatic carbocycles. The van der Waals surface area contributed by atoms with Gasteiger partial charge < -0.3 is 4.79 Å². The van der Waals surface area contributed by atoms with E-state index < -0.39 is 0 Å². The molecule has 0 aliphatic carbocycles. The molecule has 2 heteroatoms. The third-order valence-electron chi connectivity index (χ3n) is 2.51. The van der Waals surface area contributed by atoms with E-state index in [1.165, 1.54) is 0 Å². The number of carbonyl (C=O) groups is 2. The molecule has 0 heterocycles. The van der Waals surface area contributed by atoms with E-state index in [0.29, 0.717) is 18.6 Å². The lowest BCUT2D eigenvalue weighted by molar-refractivity contribution is -0.126. The first-order valence-electron chi connectivity index (χ1n) is 5.02. The first-order valence-corrected chi connectivity index (χ1v) is 5.02. The lowest BCUT2D eigenvalue weighted by Gasteiger charge is -2.13. The number of hydrogen-bond acceptors (Lipinski definition) is 2. The van der Waals surface area contributed by atoms with Crippen LogP contribution in [0.5, 0.6) is 0 Å². The molecule has 13 heavy (non-hydrogen) atoms. The van der Waals surface area contributed by atoms with E-state index in [1.54, 1.807) is 6.92 Å². The van der Waals surface area contributed by atoms with Gasteiger partial charge in [-0.15, -0.1) is 0 Å². The summed E-state index contributed by atoms with van der Waals surface area (Å²) in [5.41, 5.74) is 0. The van der Waals surface area contributed by atoms with E-state index in [-0.39, 0.29) is 17.6 Å². The van der Waals surface area contributed by atoms with E-state index in [4.69, 9.17) is 0 Å². The van der Waals surface area contributed by atoms with Gasteiger partial charge in [0.2, 0.25) is 0 Å². The monoisotopic (exact) mass is 184 g/mol. The van der Waals surface area contributed by atoms with Gasteiger partial charge in [0.1, 0.15) is 11.6 Å². The van der Waals surface area contributed by atoms with Gasteiger partial charge in [-0.2, -0.15) is 0 Å². The molecule has 0 radical (unpaired) electrons. The summed E-state index contributed by atoms with van der Waals surface area (Å²) in [5, 5.41) is 0. The van der Waals surface area contributed by atoms with Crippen LogP contribution < -0.4 is 0 Å². The molecule has 0 aromatic rings. The Morgan fingerprint density at radius 1 is 1.15 bits per heavy atom. The number of ketones is 2. The van der Waals surface area contributed by atoms with Crippen LogP contribution in [-0.2, 0) is 9.59 Å². The lowest BCUT2D eigenvalue weighted by atomic mass is 9.90. The summed E-state index contributed by atoms with van der Waals surface area (Å²) in [7, 11) is 0. The Bertz CT molecular complexity index is 185. The molecular weight excluding hydrogens is 164 g/mol. The molecular formula is C11H20O2. The molecule has 2 atom stereocenters. The minimum Gasteiger partial charge on any atom is -0.300 e. The van der Waals surface area contributed by atoms with Crippen molar-refractivity contribution < 1.29 is 9.59 Å². The maximum Gasteiger partial charge on any atom is 0.138 e. The predicted octanol–water partition coefficient (Wildman–Crippen LogP) is 2.61. The Hall–Kier alpha value is -0.660. The van der Waals surface area contributed by atoms with Crippen molar-refractivity contribution in [2.75, 3.05) is 0 Å². The molecule has 0 aliphatic rings. The number of carbonyl (C=O) groups excluding carboxylic acids is 2. The molecule has 0 N–H and O–H groups in total. The third-order valence-corrected chi connectivity index (χ3v) is 2.51. The Balaban J connectivity index is 3.89. The van der Waals surface area contributed by atoms with Crippen LogP contribution in [0.15, 0.2) is 0 Å². The van der Waals surface area contributed by atoms with Gasteiger partial charge in [0.25, 0.3) is 0 Å². The van der Waals surface area contributed by atoms with Gasteiger partial charge in [-0.25, -0.2) is 0 Å². The average Bonchev–Trinajstić information content (AvgIpc) is 2.11. The summed E-state index contributed by atoms with van der Waals surface area (Å²) in [6.07, 6.45) is 2.13. The molecule has 0 amide bonds. The standard InChI is InChI=1S/C11H20O2/c1-5-8(2)11(13)9(3)6-7-10(4)12/h8-9H,5-7H2,1-4H3. The minimum absolute atomic E-state index is 0.0406. The van der Waals surface area contributed by atoms with Crippen molar-refractivity contribution in [3.8, 4) is 0 Å². The summed E-state index contributed by atoms with van der Waals surface area (Å²) in [5.74, 6) is 0.647. The highest BCUT2D eigenvalue weighted by atomic mass is 16.1. The van der Waals surface area contributed by atoms with Crippen molar-refractivity contribution in [1.82, 2.24) is 0 Å². The van der Waals surface area contributed by atoms with Crippen molar-refractivity contribution in [3.63, 3.8) is 0 Å². The van der Waals surface area contributed by atoms with Crippen LogP contribution in [-0.4, -0.2) is 11.6 Å². The molecule has 0 rings (SSSR count). The van der Waals surface area contributed by atoms with Gasteiger partial charge in [-0.3, -0.25) is 4.79 Å². The van der Waals surface area contributed by atoms with Crippen LogP contribution >= 0.6 is 0 Å². The summed E-state index contributed by atoms with van der Waals surface area (Å²) < 4.78 is 0. The van der Waals surface area contributed by atoms with E-state index in [9.17, 15) is 9.59 Å². The molecule has 0 bridgehead atoms. The number of Topliss-reactive ketones (excluding diaryl/α,β-unsaturated/α-hetero) is 2. The predicted molar refractivity (Wildman–Crippen MR) is 53.5 cm³/mol. The van der Waals surface area contributed by atoms with Crippen LogP contribution in [0.25, 0.3) is 0 Å². The Kier molecular flexibility index (Phi) is 5.60. The SMILES string of the molecule is CCC(C)C(=O)C(C)CCC(C)=O. The topological polar surface area (TPSA) is 34.1 Å². The van der Waals surface area contributed by atoms with Crippen molar-refractivity contribution in [2.24, 2.45) is 11.8 Å². The van der Waals surface area contributed by atoms with Crippen LogP contribution in [0.1, 0.15) is 47.0 Å². The summed E-state index contributed by atoms with van der Waals surface area (Å²) in [6, 6.07) is 0. The molecule has 0 spiro atoms. The summed E-state index contributed by atoms with van der Waals surface area (Å²) in [6.45, 7) is 7.45. The van der Waals surface area contributed by atoms with Crippen LogP contribution in [0.4, 0.5) is 0 Å². The highest BCUT2D eigenvalue weighted by molar-refractivity contribution is 5.83. The van der Waals surface area contributed by atoms with Gasteiger partial charge in [-0.05, 0) is 19.8 Å². The highest BCUT2D eigenvalue weighted by Gasteiger charge is 2.18. The van der Waals surface area contributed by atoms with Gasteiger partial charge >= 0.3 is 0 Å². The second-order valence-corrected chi connectivity index (χ2v) is 3.85. The van der Waals surface area contributed by atoms with Crippen LogP contribution in [0.3, 0.4) is 0 Å². The number of hydrogen-bond donors (Lipinski definition) is 0. The first-order chi connectivity index (χ1) is 5.99. The zero-order valence-corrected chi connectivity index (χ0v) is 9.09. The molecule has 76 valence electrons. The number of rotatable bonds is 6. The molecule has 0 saturated heterocycles. The van der Waals surface area contributed by atoms with Crippen molar-refractivity contribution in [2.45, 2.75) is 47.0 Å². The Labute approximate surface area is 80.7 Å². The zero-order valence-electron chi connectivity index (χ0n) is 9.09. The second-order valence-electron chi connectivity index (χ2n) is 3.85. The maximum atomic E-state index is 11.6. The minimum atomic E-state index is 0.0406. The summed E-state index contributed by atoms with van der Waals surface area (Å²) >= 11 is 0. The lowest BCUT2D eigenvalue weighted by Crippen LogP contribution is -2.19. The van der Waals surface area contributed by atoms with Crippen molar-refractivity contribution >= 4 is 11.6 Å². The fourth-order valence-electron chi connectivity index (χ4n) is 1.25. The molecule has 0 aromatic heterocycles. The van der Waals surface area contributed by atoms with Crippen molar-refractivity contribution in [1.29, 1.82) is 0 Å². The van der Waals surface area contributed by atoms with E-state index in [1.807, 2.05) is 20.8 Å². The van der Waals surface area contributed by atoms with Gasteiger partial charge in [0.15, 0.2) is 0 Å². The molecule has 0 aliphatic heterocycles. The van der Waals surface area contributed by atoms with Crippen LogP contribution in [0, 0.1) is 11.8 Å². The van der Waals surface area contributed by atoms with E-state index in [2.05, 4.69) is 0 Å². The van der Waals surface area contributed by atoms with Crippen LogP contribution in [0.2, 0.25) is 0 Å². The molecule has 2 unspecified atom stereocenters. The van der Waals surface area contributed by atoms with Gasteiger partial charge in [0.05, 0.1) is 0 Å². The fourth-order valence-corrected chi connectivity index (χ4v) is 1.25. The largest absolute Gasteiger partial charge is 0.300 e. The molecule has 0 fully saturated rings. The smallest absolute Gasteiger partial charge is 0.138 e. The van der Waals surface area contributed by atoms with E-state index >= 15 is 0 Å². The molecule has 2 nitrogen and oxygen atoms in total. The first kappa shape index (κ1) is 12.3. The van der Waals surface area contributed by atoms with Crippen molar-refractivity contribution in [3.05, 3.63) is 0 Å². The van der Waals surface area contributed by atoms with Gasteiger partial charge in [0, 0.05) is 18.3 Å². The quantitative estimate of drug-likeness (QED) is 0.636. The Morgan fingerprint density at radius 3 is 2.08 bits per heavy atom. The fraction of sp³-hybridized carbons (Fsp3) is 0.818. The highest BCUT2D eigenvalue weighted by Crippen LogP contribution is 2.15. The zero-order chi connectivity index (χ0) is 10.4. The maximum absolute atomic E-state index is 11.6. The average molecular weight is 184 g/mol. The second kappa shape index (κ2) is 5.90.